The van der Waals surface area contributed by atoms with E-state index in [0.29, 0.717) is 0 Å². The fourth-order valence-corrected chi connectivity index (χ4v) is 1.68. The number of hydrogen-bond acceptors (Lipinski definition) is 5. The van der Waals surface area contributed by atoms with Crippen LogP contribution >= 0.6 is 11.6 Å². The highest BCUT2D eigenvalue weighted by atomic mass is 35.5. The van der Waals surface area contributed by atoms with Gasteiger partial charge in [-0.15, -0.1) is 13.2 Å². The zero-order valence-corrected chi connectivity index (χ0v) is 11.8. The van der Waals surface area contributed by atoms with Crippen molar-refractivity contribution in [3.8, 4) is 17.1 Å². The van der Waals surface area contributed by atoms with E-state index in [4.69, 9.17) is 11.6 Å². The summed E-state index contributed by atoms with van der Waals surface area (Å²) in [5.74, 6) is -0.178. The summed E-state index contributed by atoms with van der Waals surface area (Å²) < 4.78 is 41.2. The van der Waals surface area contributed by atoms with Crippen LogP contribution in [0, 0.1) is 0 Å². The van der Waals surface area contributed by atoms with Crippen LogP contribution in [-0.2, 0) is 0 Å². The highest BCUT2D eigenvalue weighted by Crippen LogP contribution is 2.32. The second kappa shape index (κ2) is 5.72. The van der Waals surface area contributed by atoms with Crippen LogP contribution in [0.2, 0.25) is 5.28 Å². The monoisotopic (exact) mass is 318 g/mol. The van der Waals surface area contributed by atoms with Crippen LogP contribution in [0.15, 0.2) is 24.3 Å². The molecule has 21 heavy (non-hydrogen) atoms. The van der Waals surface area contributed by atoms with Gasteiger partial charge in [-0.3, -0.25) is 0 Å². The van der Waals surface area contributed by atoms with Crippen LogP contribution < -0.4 is 9.64 Å². The number of rotatable bonds is 3. The smallest absolute Gasteiger partial charge is 0.405 e. The van der Waals surface area contributed by atoms with Gasteiger partial charge in [0.25, 0.3) is 0 Å². The molecule has 2 rings (SSSR count). The Labute approximate surface area is 123 Å². The molecule has 0 bridgehead atoms. The Morgan fingerprint density at radius 3 is 2.38 bits per heavy atom. The third-order valence-corrected chi connectivity index (χ3v) is 2.52. The van der Waals surface area contributed by atoms with E-state index in [1.54, 1.807) is 25.1 Å². The lowest BCUT2D eigenvalue weighted by atomic mass is 10.2. The third kappa shape index (κ3) is 3.94. The fraction of sp³-hybridized carbons (Fsp3) is 0.250. The maximum absolute atomic E-state index is 12.4. The first-order valence-corrected chi connectivity index (χ1v) is 6.08. The van der Waals surface area contributed by atoms with Crippen molar-refractivity contribution >= 4 is 17.5 Å². The minimum atomic E-state index is -4.81. The number of benzene rings is 1. The Bertz CT molecular complexity index is 649. The highest BCUT2D eigenvalue weighted by Gasteiger charge is 2.32. The van der Waals surface area contributed by atoms with Gasteiger partial charge in [-0.1, -0.05) is 12.1 Å². The lowest BCUT2D eigenvalue weighted by Gasteiger charge is -2.14. The molecule has 0 atom stereocenters. The molecule has 0 amide bonds. The molecule has 1 aromatic carbocycles. The van der Waals surface area contributed by atoms with Crippen LogP contribution in [-0.4, -0.2) is 35.4 Å². The summed E-state index contributed by atoms with van der Waals surface area (Å²) in [4.78, 5) is 13.3. The van der Waals surface area contributed by atoms with Crippen molar-refractivity contribution in [2.45, 2.75) is 6.36 Å². The quantitative estimate of drug-likeness (QED) is 0.870. The number of halogens is 4. The molecule has 0 saturated carbocycles. The lowest BCUT2D eigenvalue weighted by molar-refractivity contribution is -0.274. The largest absolute Gasteiger partial charge is 0.573 e. The number of aromatic nitrogens is 3. The van der Waals surface area contributed by atoms with Crippen LogP contribution in [0.5, 0.6) is 5.75 Å². The van der Waals surface area contributed by atoms with Crippen LogP contribution in [0.3, 0.4) is 0 Å². The van der Waals surface area contributed by atoms with Gasteiger partial charge in [0, 0.05) is 14.1 Å². The Hall–Kier alpha value is -2.09. The second-order valence-electron chi connectivity index (χ2n) is 4.17. The van der Waals surface area contributed by atoms with Gasteiger partial charge in [-0.25, -0.2) is 0 Å². The molecule has 0 radical (unpaired) electrons. The number of ether oxygens (including phenoxy) is 1. The van der Waals surface area contributed by atoms with Gasteiger partial charge >= 0.3 is 6.36 Å². The van der Waals surface area contributed by atoms with Gasteiger partial charge in [0.15, 0.2) is 5.82 Å². The number of anilines is 1. The average molecular weight is 319 g/mol. The lowest BCUT2D eigenvalue weighted by Crippen LogP contribution is -2.18. The first-order valence-electron chi connectivity index (χ1n) is 5.70. The molecule has 2 aromatic rings. The van der Waals surface area contributed by atoms with E-state index in [1.165, 1.54) is 18.2 Å². The van der Waals surface area contributed by atoms with Gasteiger partial charge in [-0.05, 0) is 23.7 Å². The molecular weight excluding hydrogens is 309 g/mol. The number of alkyl halides is 3. The Balaban J connectivity index is 2.52. The summed E-state index contributed by atoms with van der Waals surface area (Å²) in [7, 11) is 3.35. The van der Waals surface area contributed by atoms with E-state index in [1.807, 2.05) is 0 Å². The number of para-hydroxylation sites is 1. The summed E-state index contributed by atoms with van der Waals surface area (Å²) in [6, 6.07) is 5.55. The van der Waals surface area contributed by atoms with E-state index < -0.39 is 12.1 Å². The summed E-state index contributed by atoms with van der Waals surface area (Å²) in [5.41, 5.74) is 0.0715. The molecule has 9 heteroatoms. The van der Waals surface area contributed by atoms with Crippen molar-refractivity contribution in [3.05, 3.63) is 29.5 Å². The van der Waals surface area contributed by atoms with Crippen LogP contribution in [0.25, 0.3) is 11.4 Å². The van der Waals surface area contributed by atoms with E-state index in [-0.39, 0.29) is 22.6 Å². The molecule has 0 aliphatic rings. The Kier molecular flexibility index (Phi) is 4.17. The minimum Gasteiger partial charge on any atom is -0.405 e. The van der Waals surface area contributed by atoms with Crippen molar-refractivity contribution in [2.24, 2.45) is 0 Å². The van der Waals surface area contributed by atoms with Crippen molar-refractivity contribution in [1.82, 2.24) is 15.0 Å². The topological polar surface area (TPSA) is 51.1 Å². The SMILES string of the molecule is CN(C)c1nc(Cl)nc(-c2ccccc2OC(F)(F)F)n1. The van der Waals surface area contributed by atoms with Crippen molar-refractivity contribution < 1.29 is 17.9 Å². The summed E-state index contributed by atoms with van der Waals surface area (Å²) in [6.07, 6.45) is -4.81. The van der Waals surface area contributed by atoms with Gasteiger partial charge in [0.05, 0.1) is 5.56 Å². The zero-order chi connectivity index (χ0) is 15.6. The van der Waals surface area contributed by atoms with Crippen molar-refractivity contribution in [1.29, 1.82) is 0 Å². The third-order valence-electron chi connectivity index (χ3n) is 2.35. The van der Waals surface area contributed by atoms with E-state index in [9.17, 15) is 13.2 Å². The molecule has 0 aliphatic carbocycles. The predicted molar refractivity (Wildman–Crippen MR) is 71.3 cm³/mol. The molecule has 112 valence electrons. The van der Waals surface area contributed by atoms with Gasteiger partial charge in [0.1, 0.15) is 5.75 Å². The fourth-order valence-electron chi connectivity index (χ4n) is 1.53. The first-order chi connectivity index (χ1) is 9.76. The molecule has 0 spiro atoms. The maximum atomic E-state index is 12.4. The molecule has 1 aromatic heterocycles. The van der Waals surface area contributed by atoms with Crippen LogP contribution in [0.4, 0.5) is 19.1 Å². The molecule has 0 fully saturated rings. The zero-order valence-electron chi connectivity index (χ0n) is 11.0. The predicted octanol–water partition coefficient (Wildman–Crippen LogP) is 3.16. The highest BCUT2D eigenvalue weighted by molar-refractivity contribution is 6.28. The van der Waals surface area contributed by atoms with E-state index in [0.717, 1.165) is 0 Å². The molecule has 5 nitrogen and oxygen atoms in total. The van der Waals surface area contributed by atoms with Gasteiger partial charge in [0.2, 0.25) is 11.2 Å². The average Bonchev–Trinajstić information content (AvgIpc) is 2.36. The first kappa shape index (κ1) is 15.3. The van der Waals surface area contributed by atoms with E-state index >= 15 is 0 Å². The number of hydrogen-bond donors (Lipinski definition) is 0. The summed E-state index contributed by atoms with van der Waals surface area (Å²) in [5, 5.41) is -0.120. The van der Waals surface area contributed by atoms with Crippen molar-refractivity contribution in [3.63, 3.8) is 0 Å². The molecule has 0 unspecified atom stereocenters. The maximum Gasteiger partial charge on any atom is 0.573 e. The van der Waals surface area contributed by atoms with Crippen LogP contribution in [0.1, 0.15) is 0 Å². The Morgan fingerprint density at radius 1 is 1.10 bits per heavy atom. The molecule has 0 saturated heterocycles. The molecule has 1 heterocycles. The summed E-state index contributed by atoms with van der Waals surface area (Å²) >= 11 is 5.78. The number of nitrogens with zero attached hydrogens (tertiary/aromatic N) is 4. The van der Waals surface area contributed by atoms with Gasteiger partial charge in [-0.2, -0.15) is 15.0 Å². The normalized spacial score (nSPS) is 11.3. The molecule has 0 aliphatic heterocycles. The van der Waals surface area contributed by atoms with Crippen molar-refractivity contribution in [2.75, 3.05) is 19.0 Å². The van der Waals surface area contributed by atoms with Gasteiger partial charge < -0.3 is 9.64 Å². The second-order valence-corrected chi connectivity index (χ2v) is 4.50. The molecule has 0 N–H and O–H groups in total. The Morgan fingerprint density at radius 2 is 1.76 bits per heavy atom. The van der Waals surface area contributed by atoms with E-state index in [2.05, 4.69) is 19.7 Å². The molecular formula is C12H10ClF3N4O. The minimum absolute atomic E-state index is 0.00134. The summed E-state index contributed by atoms with van der Waals surface area (Å²) in [6.45, 7) is 0. The standard InChI is InChI=1S/C12H10ClF3N4O/c1-20(2)11-18-9(17-10(13)19-11)7-5-3-4-6-8(7)21-12(14,15)16/h3-6H,1-2H3.